The molecule has 2 N–H and O–H groups in total. The normalized spacial score (nSPS) is 5.57. The molecule has 0 saturated carbocycles. The molecule has 0 aromatic carbocycles. The topological polar surface area (TPSA) is 278 Å². The number of rotatable bonds is 0. The van der Waals surface area contributed by atoms with Crippen LogP contribution in [-0.4, -0.2) is 182 Å². The van der Waals surface area contributed by atoms with Crippen molar-refractivity contribution in [2.24, 2.45) is 0 Å². The number of hydrogen-bond acceptors (Lipinski definition) is 12. The predicted molar refractivity (Wildman–Crippen MR) is 49.6 cm³/mol. The minimum atomic E-state index is -5.17. The Morgan fingerprint density at radius 2 is 0.952 bits per heavy atom. The van der Waals surface area contributed by atoms with Gasteiger partial charge in [0.1, 0.15) is 0 Å². The fraction of sp³-hybridized carbons (Fsp3) is 0. The minimum absolute atomic E-state index is 0. The van der Waals surface area contributed by atoms with Gasteiger partial charge in [-0.05, 0) is 6.16 Å². The fourth-order valence-electron chi connectivity index (χ4n) is 0. The first kappa shape index (κ1) is 56.2. The van der Waals surface area contributed by atoms with Gasteiger partial charge in [0.25, 0.3) is 0 Å². The Bertz CT molecular complexity index is 238. The molecule has 0 saturated heterocycles. The van der Waals surface area contributed by atoms with E-state index < -0.39 is 23.9 Å². The van der Waals surface area contributed by atoms with Crippen LogP contribution in [0.3, 0.4) is 0 Å². The van der Waals surface area contributed by atoms with Crippen molar-refractivity contribution < 1.29 is 88.5 Å². The summed E-state index contributed by atoms with van der Waals surface area (Å²) >= 11 is 0.694. The Hall–Kier alpha value is 4.49. The Morgan fingerprint density at radius 3 is 0.952 bits per heavy atom. The maximum atomic E-state index is 8.52. The Morgan fingerprint density at radius 1 is 0.952 bits per heavy atom. The average Bonchev–Trinajstić information content (AvgIpc) is 2.05. The Balaban J connectivity index is -0.0000000121. The molecule has 0 bridgehead atoms. The third-order valence-electron chi connectivity index (χ3n) is 0. The molecule has 0 amide bonds. The maximum absolute atomic E-state index is 8.52. The molecule has 0 unspecified atom stereocenters. The molecule has 0 aliphatic carbocycles. The molecule has 0 rings (SSSR count). The SMILES string of the molecule is O.O=C([O-])[O-].O=S(=O)([O-])[O-].[Ba+2].[Ba+2].[Na+].[O-]B([O-])[O-].[O]=[Bi+].[O]=[Sb+]. The zero-order valence-corrected chi connectivity index (χ0v) is 27.9. The van der Waals surface area contributed by atoms with E-state index in [9.17, 15) is 0 Å². The monoisotopic (exact) mass is 894 g/mol. The first-order chi connectivity index (χ1) is 7.46. The summed E-state index contributed by atoms with van der Waals surface area (Å²) in [6.45, 7) is 0. The molecule has 0 heterocycles. The van der Waals surface area contributed by atoms with Crippen LogP contribution in [-0.2, 0) is 16.2 Å². The number of hydrogen-bond donors (Lipinski definition) is 0. The third kappa shape index (κ3) is 615. The molecule has 108 valence electrons. The first-order valence-corrected chi connectivity index (χ1v) is 6.15. The second-order valence-corrected chi connectivity index (χ2v) is 1.76. The van der Waals surface area contributed by atoms with Crippen LogP contribution in [0.25, 0.3) is 0 Å². The van der Waals surface area contributed by atoms with Crippen molar-refractivity contribution in [2.45, 2.75) is 0 Å². The second-order valence-electron chi connectivity index (χ2n) is 0.947. The number of carbonyl (C=O) groups excluding carboxylic acids is 1. The van der Waals surface area contributed by atoms with Gasteiger partial charge in [-0.2, -0.15) is 0 Å². The van der Waals surface area contributed by atoms with Crippen LogP contribution in [0, 0.1) is 0 Å². The van der Waals surface area contributed by atoms with E-state index in [0.717, 1.165) is 0 Å². The summed E-state index contributed by atoms with van der Waals surface area (Å²) in [7, 11) is -8.08. The summed E-state index contributed by atoms with van der Waals surface area (Å²) in [5.41, 5.74) is 0. The molecule has 21 heavy (non-hydrogen) atoms. The van der Waals surface area contributed by atoms with Gasteiger partial charge in [-0.15, -0.1) is 0 Å². The van der Waals surface area contributed by atoms with E-state index >= 15 is 0 Å². The van der Waals surface area contributed by atoms with Gasteiger partial charge in [0.2, 0.25) is 0 Å². The molecule has 0 aromatic rings. The van der Waals surface area contributed by atoms with Crippen molar-refractivity contribution in [1.29, 1.82) is 0 Å². The van der Waals surface area contributed by atoms with Crippen molar-refractivity contribution in [3.05, 3.63) is 0 Å². The fourth-order valence-corrected chi connectivity index (χ4v) is 0. The molecule has 13 nitrogen and oxygen atoms in total. The zero-order chi connectivity index (χ0) is 15.7. The van der Waals surface area contributed by atoms with E-state index in [1.807, 2.05) is 0 Å². The van der Waals surface area contributed by atoms with Gasteiger partial charge in [-0.3, -0.25) is 15.7 Å². The van der Waals surface area contributed by atoms with Crippen molar-refractivity contribution in [1.82, 2.24) is 0 Å². The van der Waals surface area contributed by atoms with Gasteiger partial charge in [0, 0.05) is 10.4 Å². The first-order valence-electron chi connectivity index (χ1n) is 2.35. The van der Waals surface area contributed by atoms with Crippen LogP contribution in [0.4, 0.5) is 4.79 Å². The van der Waals surface area contributed by atoms with Gasteiger partial charge in [0.15, 0.2) is 0 Å². The van der Waals surface area contributed by atoms with Crippen LogP contribution in [0.15, 0.2) is 0 Å². The number of carbonyl (C=O) groups is 1. The van der Waals surface area contributed by atoms with E-state index in [1.165, 1.54) is 0 Å². The van der Waals surface area contributed by atoms with Crippen molar-refractivity contribution in [3.8, 4) is 0 Å². The molecule has 4 radical (unpaired) electrons. The van der Waals surface area contributed by atoms with Crippen LogP contribution >= 0.6 is 0 Å². The molecular formula is CH2BBa2BiNaO13SSb. The molecule has 0 aliphatic heterocycles. The van der Waals surface area contributed by atoms with E-state index in [1.54, 1.807) is 0 Å². The van der Waals surface area contributed by atoms with Gasteiger partial charge in [-0.25, -0.2) is 0 Å². The van der Waals surface area contributed by atoms with Crippen LogP contribution in [0.5, 0.6) is 0 Å². The van der Waals surface area contributed by atoms with E-state index in [2.05, 4.69) is 0 Å². The quantitative estimate of drug-likeness (QED) is 0.125. The third-order valence-corrected chi connectivity index (χ3v) is 0. The Kier molecular flexibility index (Phi) is 133. The van der Waals surface area contributed by atoms with E-state index in [4.69, 9.17) is 53.4 Å². The standard InChI is InChI=1S/CH2O3.BO3.2Ba.Bi.Na.H2O4S.H2O.2O.Sb/c2*2-1(3)4;;;;;1-5(2,3)4;;;;/h(H2,2,3,4);;;;;;(H2,1,2,3,4);1H2;;;/q;-3;2*+2;2*+1;;;;;+1/p-4. The molecular weight excluding hydrogens is 891 g/mol. The van der Waals surface area contributed by atoms with Crippen molar-refractivity contribution >= 4 is 169 Å². The summed E-state index contributed by atoms with van der Waals surface area (Å²) in [6, 6.07) is 0. The molecule has 0 aliphatic rings. The van der Waals surface area contributed by atoms with Crippen LogP contribution in [0.1, 0.15) is 0 Å². The van der Waals surface area contributed by atoms with Crippen LogP contribution < -0.4 is 54.8 Å². The van der Waals surface area contributed by atoms with Gasteiger partial charge in [-0.1, -0.05) is 0 Å². The van der Waals surface area contributed by atoms with Gasteiger partial charge < -0.3 is 44.7 Å². The molecule has 0 atom stereocenters. The summed E-state index contributed by atoms with van der Waals surface area (Å²) < 4.78 is 50.7. The summed E-state index contributed by atoms with van der Waals surface area (Å²) in [6.07, 6.45) is -2.33. The van der Waals surface area contributed by atoms with Gasteiger partial charge >= 0.3 is 181 Å². The molecule has 0 aromatic heterocycles. The average molecular weight is 893 g/mol. The summed E-state index contributed by atoms with van der Waals surface area (Å²) in [5.74, 6) is 0. The second kappa shape index (κ2) is 49.7. The van der Waals surface area contributed by atoms with Crippen molar-refractivity contribution in [2.75, 3.05) is 0 Å². The van der Waals surface area contributed by atoms with E-state index in [0.29, 0.717) is 23.0 Å². The summed E-state index contributed by atoms with van der Waals surface area (Å²) in [4.78, 5) is 8.33. The molecule has 0 spiro atoms. The van der Waals surface area contributed by atoms with Crippen molar-refractivity contribution in [3.63, 3.8) is 0 Å². The Labute approximate surface area is 251 Å². The number of carboxylic acid groups (broad SMARTS) is 2. The predicted octanol–water partition coefficient (Wildman–Crippen LogP) is -13.3. The molecule has 20 heteroatoms. The van der Waals surface area contributed by atoms with Gasteiger partial charge in [0.05, 0.1) is 0 Å². The van der Waals surface area contributed by atoms with Crippen LogP contribution in [0.2, 0.25) is 0 Å². The molecule has 0 fully saturated rings. The summed E-state index contributed by atoms with van der Waals surface area (Å²) in [5, 5.41) is 41.9. The van der Waals surface area contributed by atoms with E-state index in [-0.39, 0.29) is 158 Å². The zero-order valence-electron chi connectivity index (χ0n) is 10.2.